The van der Waals surface area contributed by atoms with Gasteiger partial charge in [-0.25, -0.2) is 0 Å². The zero-order valence-corrected chi connectivity index (χ0v) is 9.43. The van der Waals surface area contributed by atoms with E-state index in [1.807, 2.05) is 0 Å². The molecular weight excluding hydrogens is 194 g/mol. The Hall–Kier alpha value is -0.610. The smallest absolute Gasteiger partial charge is 0.308 e. The number of carboxylic acid groups (broad SMARTS) is 1. The van der Waals surface area contributed by atoms with Gasteiger partial charge in [-0.15, -0.1) is 0 Å². The largest absolute Gasteiger partial charge is 0.481 e. The third-order valence-electron chi connectivity index (χ3n) is 4.05. The summed E-state index contributed by atoms with van der Waals surface area (Å²) in [7, 11) is 1.60. The molecule has 2 fully saturated rings. The van der Waals surface area contributed by atoms with E-state index in [2.05, 4.69) is 12.2 Å². The molecule has 2 N–H and O–H groups in total. The molecule has 1 saturated carbocycles. The van der Waals surface area contributed by atoms with E-state index in [0.29, 0.717) is 6.04 Å². The Kier molecular flexibility index (Phi) is 2.73. The summed E-state index contributed by atoms with van der Waals surface area (Å²) in [6.07, 6.45) is 0.851. The summed E-state index contributed by atoms with van der Waals surface area (Å²) in [4.78, 5) is 10.9. The fraction of sp³-hybridized carbons (Fsp3) is 0.909. The fourth-order valence-corrected chi connectivity index (χ4v) is 2.88. The number of fused-ring (bicyclic) bond motifs is 1. The maximum Gasteiger partial charge on any atom is 0.308 e. The first-order valence-electron chi connectivity index (χ1n) is 5.58. The number of piperidine rings is 1. The number of rotatable bonds is 4. The number of nitrogens with one attached hydrogen (secondary N) is 1. The molecule has 0 aromatic rings. The van der Waals surface area contributed by atoms with Crippen molar-refractivity contribution >= 4 is 5.97 Å². The number of ether oxygens (including phenoxy) is 1. The minimum Gasteiger partial charge on any atom is -0.481 e. The molecular formula is C11H19NO3. The van der Waals surface area contributed by atoms with Crippen molar-refractivity contribution in [2.24, 2.45) is 17.8 Å². The van der Waals surface area contributed by atoms with Crippen molar-refractivity contribution in [2.45, 2.75) is 38.5 Å². The highest BCUT2D eigenvalue weighted by molar-refractivity contribution is 5.70. The summed E-state index contributed by atoms with van der Waals surface area (Å²) >= 11 is 0. The Labute approximate surface area is 90.0 Å². The van der Waals surface area contributed by atoms with Crippen LogP contribution in [0.25, 0.3) is 0 Å². The van der Waals surface area contributed by atoms with E-state index in [9.17, 15) is 4.79 Å². The van der Waals surface area contributed by atoms with Gasteiger partial charge in [0, 0.05) is 19.2 Å². The van der Waals surface area contributed by atoms with E-state index < -0.39 is 11.9 Å². The molecule has 0 radical (unpaired) electrons. The Balaban J connectivity index is 1.94. The Morgan fingerprint density at radius 1 is 1.60 bits per heavy atom. The molecule has 1 aliphatic heterocycles. The molecule has 0 bridgehead atoms. The molecule has 0 aromatic carbocycles. The van der Waals surface area contributed by atoms with Gasteiger partial charge in [0.25, 0.3) is 0 Å². The van der Waals surface area contributed by atoms with Crippen LogP contribution in [0.15, 0.2) is 0 Å². The number of carbonyl (C=O) groups is 1. The molecule has 0 spiro atoms. The highest BCUT2D eigenvalue weighted by atomic mass is 16.5. The van der Waals surface area contributed by atoms with E-state index in [1.165, 1.54) is 0 Å². The topological polar surface area (TPSA) is 58.6 Å². The van der Waals surface area contributed by atoms with Gasteiger partial charge in [-0.05, 0) is 25.2 Å². The summed E-state index contributed by atoms with van der Waals surface area (Å²) < 4.78 is 5.32. The molecule has 1 heterocycles. The van der Waals surface area contributed by atoms with Crippen molar-refractivity contribution in [1.82, 2.24) is 5.32 Å². The molecule has 6 atom stereocenters. The zero-order valence-electron chi connectivity index (χ0n) is 9.43. The standard InChI is InChI=1S/C11H19NO3/c1-5-7-4-8(12-9(5)7)10(15-3)6(2)11(13)14/h5-10,12H,4H2,1-3H3,(H,13,14)/t5-,6?,7+,8-,9-,10?/m0/s1. The maximum absolute atomic E-state index is 10.9. The number of hydrogen-bond acceptors (Lipinski definition) is 3. The summed E-state index contributed by atoms with van der Waals surface area (Å²) in [5.41, 5.74) is 0. The van der Waals surface area contributed by atoms with Crippen LogP contribution in [-0.4, -0.2) is 36.4 Å². The third-order valence-corrected chi connectivity index (χ3v) is 4.05. The molecule has 4 heteroatoms. The molecule has 0 amide bonds. The normalized spacial score (nSPS) is 42.1. The Morgan fingerprint density at radius 3 is 2.67 bits per heavy atom. The second-order valence-corrected chi connectivity index (χ2v) is 4.88. The van der Waals surface area contributed by atoms with Crippen LogP contribution in [0.3, 0.4) is 0 Å². The highest BCUT2D eigenvalue weighted by Crippen LogP contribution is 2.48. The SMILES string of the molecule is COC(C(C)C(=O)O)[C@@H]1C[C@@H]2[C@H](C)[C@@H]2N1. The van der Waals surface area contributed by atoms with Crippen molar-refractivity contribution < 1.29 is 14.6 Å². The lowest BCUT2D eigenvalue weighted by Crippen LogP contribution is -2.45. The van der Waals surface area contributed by atoms with Gasteiger partial charge in [0.1, 0.15) is 0 Å². The zero-order chi connectivity index (χ0) is 11.2. The van der Waals surface area contributed by atoms with E-state index in [1.54, 1.807) is 14.0 Å². The summed E-state index contributed by atoms with van der Waals surface area (Å²) in [5.74, 6) is 0.283. The Bertz CT molecular complexity index is 257. The lowest BCUT2D eigenvalue weighted by molar-refractivity contribution is -0.146. The molecule has 86 valence electrons. The van der Waals surface area contributed by atoms with E-state index in [-0.39, 0.29) is 12.1 Å². The average molecular weight is 213 g/mol. The Morgan fingerprint density at radius 2 is 2.27 bits per heavy atom. The van der Waals surface area contributed by atoms with Crippen molar-refractivity contribution in [2.75, 3.05) is 7.11 Å². The average Bonchev–Trinajstić information content (AvgIpc) is 2.66. The van der Waals surface area contributed by atoms with Crippen LogP contribution in [0.2, 0.25) is 0 Å². The monoisotopic (exact) mass is 213 g/mol. The van der Waals surface area contributed by atoms with Crippen LogP contribution >= 0.6 is 0 Å². The molecule has 1 saturated heterocycles. The maximum atomic E-state index is 10.9. The van der Waals surface area contributed by atoms with Gasteiger partial charge < -0.3 is 15.2 Å². The van der Waals surface area contributed by atoms with E-state index >= 15 is 0 Å². The van der Waals surface area contributed by atoms with Gasteiger partial charge in [0.2, 0.25) is 0 Å². The van der Waals surface area contributed by atoms with Crippen LogP contribution in [-0.2, 0) is 9.53 Å². The van der Waals surface area contributed by atoms with Gasteiger partial charge in [0.05, 0.1) is 12.0 Å². The number of hydrogen-bond donors (Lipinski definition) is 2. The van der Waals surface area contributed by atoms with E-state index in [0.717, 1.165) is 18.3 Å². The number of carboxylic acids is 1. The fourth-order valence-electron chi connectivity index (χ4n) is 2.88. The van der Waals surface area contributed by atoms with Gasteiger partial charge in [0.15, 0.2) is 0 Å². The lowest BCUT2D eigenvalue weighted by Gasteiger charge is -2.27. The molecule has 0 aromatic heterocycles. The molecule has 4 nitrogen and oxygen atoms in total. The van der Waals surface area contributed by atoms with Crippen LogP contribution < -0.4 is 5.32 Å². The quantitative estimate of drug-likeness (QED) is 0.722. The second kappa shape index (κ2) is 3.76. The second-order valence-electron chi connectivity index (χ2n) is 4.88. The lowest BCUT2D eigenvalue weighted by atomic mass is 9.95. The highest BCUT2D eigenvalue weighted by Gasteiger charge is 2.55. The first-order chi connectivity index (χ1) is 7.06. The number of methoxy groups -OCH3 is 1. The molecule has 15 heavy (non-hydrogen) atoms. The van der Waals surface area contributed by atoms with Crippen LogP contribution in [0.4, 0.5) is 0 Å². The number of aliphatic carboxylic acids is 1. The van der Waals surface area contributed by atoms with Crippen molar-refractivity contribution in [1.29, 1.82) is 0 Å². The predicted molar refractivity (Wildman–Crippen MR) is 55.6 cm³/mol. The van der Waals surface area contributed by atoms with Crippen LogP contribution in [0.5, 0.6) is 0 Å². The molecule has 2 rings (SSSR count). The summed E-state index contributed by atoms with van der Waals surface area (Å²) in [5, 5.41) is 12.4. The minimum absolute atomic E-state index is 0.206. The molecule has 2 aliphatic rings. The van der Waals surface area contributed by atoms with Crippen molar-refractivity contribution in [3.8, 4) is 0 Å². The van der Waals surface area contributed by atoms with Crippen molar-refractivity contribution in [3.63, 3.8) is 0 Å². The first kappa shape index (κ1) is 10.9. The molecule has 1 aliphatic carbocycles. The van der Waals surface area contributed by atoms with Gasteiger partial charge in [-0.2, -0.15) is 0 Å². The summed E-state index contributed by atoms with van der Waals surface area (Å²) in [6, 6.07) is 0.820. The van der Waals surface area contributed by atoms with Crippen LogP contribution in [0, 0.1) is 17.8 Å². The first-order valence-corrected chi connectivity index (χ1v) is 5.58. The van der Waals surface area contributed by atoms with Crippen molar-refractivity contribution in [3.05, 3.63) is 0 Å². The van der Waals surface area contributed by atoms with Gasteiger partial charge >= 0.3 is 5.97 Å². The third kappa shape index (κ3) is 1.76. The minimum atomic E-state index is -0.780. The molecule has 2 unspecified atom stereocenters. The van der Waals surface area contributed by atoms with E-state index in [4.69, 9.17) is 9.84 Å². The summed E-state index contributed by atoms with van der Waals surface area (Å²) in [6.45, 7) is 3.95. The van der Waals surface area contributed by atoms with Gasteiger partial charge in [-0.1, -0.05) is 6.92 Å². The van der Waals surface area contributed by atoms with Gasteiger partial charge in [-0.3, -0.25) is 4.79 Å². The predicted octanol–water partition coefficient (Wildman–Crippen LogP) is 0.718. The van der Waals surface area contributed by atoms with Crippen LogP contribution in [0.1, 0.15) is 20.3 Å².